The van der Waals surface area contributed by atoms with Gasteiger partial charge in [0.25, 0.3) is 0 Å². The minimum Gasteiger partial charge on any atom is -0.373 e. The molecule has 0 saturated carbocycles. The SMILES string of the molecule is Cc1nnsc1CN(C)Cc1ccc([C@@H]2CCCCO2)s1. The fraction of sp³-hybridized carbons (Fsp3) is 0.600. The van der Waals surface area contributed by atoms with E-state index in [9.17, 15) is 0 Å². The predicted molar refractivity (Wildman–Crippen MR) is 86.7 cm³/mol. The van der Waals surface area contributed by atoms with Crippen molar-refractivity contribution in [2.75, 3.05) is 13.7 Å². The van der Waals surface area contributed by atoms with Crippen LogP contribution in [0.1, 0.15) is 45.7 Å². The minimum absolute atomic E-state index is 0.329. The molecule has 3 rings (SSSR count). The van der Waals surface area contributed by atoms with Crippen molar-refractivity contribution in [3.8, 4) is 0 Å². The number of aryl methyl sites for hydroxylation is 1. The highest BCUT2D eigenvalue weighted by molar-refractivity contribution is 7.12. The lowest BCUT2D eigenvalue weighted by Gasteiger charge is -2.21. The molecule has 114 valence electrons. The maximum atomic E-state index is 5.87. The molecule has 1 aliphatic heterocycles. The summed E-state index contributed by atoms with van der Waals surface area (Å²) in [4.78, 5) is 6.36. The van der Waals surface area contributed by atoms with Crippen LogP contribution in [0.4, 0.5) is 0 Å². The van der Waals surface area contributed by atoms with Crippen LogP contribution in [0.3, 0.4) is 0 Å². The third-order valence-electron chi connectivity index (χ3n) is 3.76. The second kappa shape index (κ2) is 6.96. The van der Waals surface area contributed by atoms with E-state index >= 15 is 0 Å². The van der Waals surface area contributed by atoms with E-state index in [1.807, 2.05) is 18.3 Å². The quantitative estimate of drug-likeness (QED) is 0.839. The number of ether oxygens (including phenoxy) is 1. The van der Waals surface area contributed by atoms with Crippen LogP contribution in [0, 0.1) is 6.92 Å². The topological polar surface area (TPSA) is 38.2 Å². The standard InChI is InChI=1S/C15H21N3OS2/c1-11-15(21-17-16-11)10-18(2)9-12-6-7-14(20-12)13-5-3-4-8-19-13/h6-7,13H,3-5,8-10H2,1-2H3/t13-/m0/s1. The first-order chi connectivity index (χ1) is 10.2. The molecule has 1 saturated heterocycles. The summed E-state index contributed by atoms with van der Waals surface area (Å²) in [7, 11) is 2.15. The Labute approximate surface area is 133 Å². The summed E-state index contributed by atoms with van der Waals surface area (Å²) < 4.78 is 9.86. The van der Waals surface area contributed by atoms with Gasteiger partial charge in [0.1, 0.15) is 0 Å². The number of hydrogen-bond acceptors (Lipinski definition) is 6. The van der Waals surface area contributed by atoms with Crippen molar-refractivity contribution in [3.05, 3.63) is 32.5 Å². The molecule has 0 unspecified atom stereocenters. The molecule has 1 atom stereocenters. The van der Waals surface area contributed by atoms with Gasteiger partial charge in [-0.15, -0.1) is 16.4 Å². The zero-order valence-corrected chi connectivity index (χ0v) is 14.2. The molecular weight excluding hydrogens is 302 g/mol. The molecule has 3 heterocycles. The second-order valence-corrected chi connectivity index (χ2v) is 7.65. The van der Waals surface area contributed by atoms with E-state index in [4.69, 9.17) is 4.74 Å². The molecule has 2 aromatic rings. The first-order valence-electron chi connectivity index (χ1n) is 7.39. The molecule has 0 N–H and O–H groups in total. The summed E-state index contributed by atoms with van der Waals surface area (Å²) in [5, 5.41) is 4.07. The second-order valence-electron chi connectivity index (χ2n) is 5.61. The molecule has 0 aromatic carbocycles. The Balaban J connectivity index is 1.57. The fourth-order valence-electron chi connectivity index (χ4n) is 2.58. The van der Waals surface area contributed by atoms with E-state index in [2.05, 4.69) is 33.7 Å². The third kappa shape index (κ3) is 3.88. The van der Waals surface area contributed by atoms with Crippen LogP contribution < -0.4 is 0 Å². The van der Waals surface area contributed by atoms with E-state index < -0.39 is 0 Å². The van der Waals surface area contributed by atoms with Crippen molar-refractivity contribution in [2.24, 2.45) is 0 Å². The Morgan fingerprint density at radius 1 is 1.33 bits per heavy atom. The van der Waals surface area contributed by atoms with E-state index in [1.165, 1.54) is 45.4 Å². The van der Waals surface area contributed by atoms with Gasteiger partial charge in [0.2, 0.25) is 0 Å². The maximum absolute atomic E-state index is 5.87. The molecule has 0 radical (unpaired) electrons. The molecule has 4 nitrogen and oxygen atoms in total. The number of rotatable bonds is 5. The first-order valence-corrected chi connectivity index (χ1v) is 8.98. The Bertz CT molecular complexity index is 575. The molecule has 1 fully saturated rings. The average Bonchev–Trinajstić information content (AvgIpc) is 3.10. The Hall–Kier alpha value is -0.820. The third-order valence-corrected chi connectivity index (χ3v) is 5.73. The molecule has 0 spiro atoms. The summed E-state index contributed by atoms with van der Waals surface area (Å²) in [6, 6.07) is 4.48. The van der Waals surface area contributed by atoms with Crippen molar-refractivity contribution >= 4 is 22.9 Å². The minimum atomic E-state index is 0.329. The summed E-state index contributed by atoms with van der Waals surface area (Å²) in [6.07, 6.45) is 3.99. The molecule has 21 heavy (non-hydrogen) atoms. The zero-order valence-electron chi connectivity index (χ0n) is 12.5. The van der Waals surface area contributed by atoms with Gasteiger partial charge in [0.15, 0.2) is 0 Å². The molecule has 0 amide bonds. The van der Waals surface area contributed by atoms with Crippen LogP contribution >= 0.6 is 22.9 Å². The highest BCUT2D eigenvalue weighted by Gasteiger charge is 2.18. The van der Waals surface area contributed by atoms with Crippen molar-refractivity contribution in [3.63, 3.8) is 0 Å². The van der Waals surface area contributed by atoms with Crippen LogP contribution in [-0.4, -0.2) is 28.1 Å². The van der Waals surface area contributed by atoms with E-state index in [0.29, 0.717) is 6.10 Å². The van der Waals surface area contributed by atoms with Crippen molar-refractivity contribution < 1.29 is 4.74 Å². The number of hydrogen-bond donors (Lipinski definition) is 0. The lowest BCUT2D eigenvalue weighted by molar-refractivity contribution is 0.0172. The van der Waals surface area contributed by atoms with Crippen LogP contribution in [0.2, 0.25) is 0 Å². The number of thiophene rings is 1. The lowest BCUT2D eigenvalue weighted by Crippen LogP contribution is -2.16. The highest BCUT2D eigenvalue weighted by atomic mass is 32.1. The van der Waals surface area contributed by atoms with Gasteiger partial charge >= 0.3 is 0 Å². The predicted octanol–water partition coefficient (Wildman–Crippen LogP) is 3.78. The van der Waals surface area contributed by atoms with Crippen LogP contribution in [0.15, 0.2) is 12.1 Å². The van der Waals surface area contributed by atoms with E-state index in [0.717, 1.165) is 25.4 Å². The van der Waals surface area contributed by atoms with E-state index in [1.54, 1.807) is 0 Å². The van der Waals surface area contributed by atoms with Gasteiger partial charge < -0.3 is 4.74 Å². The summed E-state index contributed by atoms with van der Waals surface area (Å²) in [5.41, 5.74) is 1.05. The number of nitrogens with zero attached hydrogens (tertiary/aromatic N) is 3. The zero-order chi connectivity index (χ0) is 14.7. The van der Waals surface area contributed by atoms with Crippen LogP contribution in [-0.2, 0) is 17.8 Å². The summed E-state index contributed by atoms with van der Waals surface area (Å²) in [6.45, 7) is 4.82. The van der Waals surface area contributed by atoms with Gasteiger partial charge in [0, 0.05) is 29.5 Å². The largest absolute Gasteiger partial charge is 0.373 e. The average molecular weight is 323 g/mol. The Morgan fingerprint density at radius 3 is 2.95 bits per heavy atom. The molecule has 2 aromatic heterocycles. The summed E-state index contributed by atoms with van der Waals surface area (Å²) >= 11 is 3.39. The van der Waals surface area contributed by atoms with Crippen LogP contribution in [0.25, 0.3) is 0 Å². The smallest absolute Gasteiger partial charge is 0.0916 e. The van der Waals surface area contributed by atoms with Gasteiger partial charge in [-0.3, -0.25) is 4.90 Å². The van der Waals surface area contributed by atoms with Gasteiger partial charge in [-0.05, 0) is 56.9 Å². The summed E-state index contributed by atoms with van der Waals surface area (Å²) in [5.74, 6) is 0. The fourth-order valence-corrected chi connectivity index (χ4v) is 4.47. The van der Waals surface area contributed by atoms with Gasteiger partial charge in [0.05, 0.1) is 16.7 Å². The molecular formula is C15H21N3OS2. The van der Waals surface area contributed by atoms with Crippen molar-refractivity contribution in [1.82, 2.24) is 14.5 Å². The molecule has 0 bridgehead atoms. The van der Waals surface area contributed by atoms with Crippen molar-refractivity contribution in [1.29, 1.82) is 0 Å². The van der Waals surface area contributed by atoms with Crippen LogP contribution in [0.5, 0.6) is 0 Å². The Kier molecular flexibility index (Phi) is 5.00. The normalized spacial score (nSPS) is 19.3. The molecule has 1 aliphatic rings. The van der Waals surface area contributed by atoms with Gasteiger partial charge in [-0.2, -0.15) is 0 Å². The van der Waals surface area contributed by atoms with Gasteiger partial charge in [-0.1, -0.05) is 4.49 Å². The molecule has 0 aliphatic carbocycles. The number of aromatic nitrogens is 2. The Morgan fingerprint density at radius 2 is 2.24 bits per heavy atom. The molecule has 6 heteroatoms. The van der Waals surface area contributed by atoms with Crippen molar-refractivity contribution in [2.45, 2.75) is 45.4 Å². The highest BCUT2D eigenvalue weighted by Crippen LogP contribution is 2.33. The monoisotopic (exact) mass is 323 g/mol. The maximum Gasteiger partial charge on any atom is 0.0916 e. The van der Waals surface area contributed by atoms with E-state index in [-0.39, 0.29) is 0 Å². The van der Waals surface area contributed by atoms with Gasteiger partial charge in [-0.25, -0.2) is 0 Å². The lowest BCUT2D eigenvalue weighted by atomic mass is 10.1. The first kappa shape index (κ1) is 15.1.